The molecule has 0 fully saturated rings. The fourth-order valence-corrected chi connectivity index (χ4v) is 3.66. The molecule has 1 N–H and O–H groups in total. The van der Waals surface area contributed by atoms with E-state index in [1.54, 1.807) is 6.08 Å². The van der Waals surface area contributed by atoms with Gasteiger partial charge in [0.05, 0.1) is 12.4 Å². The van der Waals surface area contributed by atoms with Gasteiger partial charge >= 0.3 is 0 Å². The Hall–Kier alpha value is -3.06. The molecule has 156 valence electrons. The van der Waals surface area contributed by atoms with Gasteiger partial charge in [-0.2, -0.15) is 0 Å². The SMILES string of the molecule is C=CCn1c(SCC(=O)Nc2ccc(C)c(C)c2)nnc1-c1ccc(OCC)cc1. The van der Waals surface area contributed by atoms with Crippen LogP contribution in [0.4, 0.5) is 5.69 Å². The molecule has 3 rings (SSSR count). The summed E-state index contributed by atoms with van der Waals surface area (Å²) in [6.07, 6.45) is 1.79. The fourth-order valence-electron chi connectivity index (χ4n) is 2.92. The predicted molar refractivity (Wildman–Crippen MR) is 122 cm³/mol. The van der Waals surface area contributed by atoms with E-state index in [2.05, 4.69) is 22.1 Å². The summed E-state index contributed by atoms with van der Waals surface area (Å²) in [4.78, 5) is 12.4. The number of aromatic nitrogens is 3. The van der Waals surface area contributed by atoms with Crippen LogP contribution in [0.3, 0.4) is 0 Å². The molecule has 0 aliphatic heterocycles. The number of ether oxygens (including phenoxy) is 1. The first-order valence-electron chi connectivity index (χ1n) is 9.79. The van der Waals surface area contributed by atoms with Crippen molar-refractivity contribution in [1.29, 1.82) is 0 Å². The number of anilines is 1. The Balaban J connectivity index is 1.70. The maximum Gasteiger partial charge on any atom is 0.234 e. The normalized spacial score (nSPS) is 10.6. The second-order valence-corrected chi connectivity index (χ2v) is 7.74. The molecule has 1 heterocycles. The molecule has 7 heteroatoms. The Labute approximate surface area is 181 Å². The van der Waals surface area contributed by atoms with Crippen molar-refractivity contribution in [2.75, 3.05) is 17.7 Å². The Morgan fingerprint density at radius 2 is 1.93 bits per heavy atom. The summed E-state index contributed by atoms with van der Waals surface area (Å²) in [7, 11) is 0. The first kappa shape index (κ1) is 21.6. The lowest BCUT2D eigenvalue weighted by Crippen LogP contribution is -2.14. The zero-order chi connectivity index (χ0) is 21.5. The van der Waals surface area contributed by atoms with Crippen molar-refractivity contribution in [2.45, 2.75) is 32.5 Å². The molecular weight excluding hydrogens is 396 g/mol. The quantitative estimate of drug-likeness (QED) is 0.393. The lowest BCUT2D eigenvalue weighted by Gasteiger charge is -2.09. The van der Waals surface area contributed by atoms with E-state index >= 15 is 0 Å². The Morgan fingerprint density at radius 3 is 2.60 bits per heavy atom. The van der Waals surface area contributed by atoms with E-state index in [-0.39, 0.29) is 11.7 Å². The molecule has 3 aromatic rings. The minimum absolute atomic E-state index is 0.0842. The Morgan fingerprint density at radius 1 is 1.17 bits per heavy atom. The number of aryl methyl sites for hydroxylation is 2. The molecule has 0 saturated carbocycles. The molecule has 2 aromatic carbocycles. The van der Waals surface area contributed by atoms with Gasteiger partial charge in [0.1, 0.15) is 5.75 Å². The van der Waals surface area contributed by atoms with E-state index in [9.17, 15) is 4.79 Å². The van der Waals surface area contributed by atoms with Crippen LogP contribution in [-0.4, -0.2) is 33.0 Å². The van der Waals surface area contributed by atoms with Gasteiger partial charge in [0.2, 0.25) is 5.91 Å². The van der Waals surface area contributed by atoms with E-state index in [0.717, 1.165) is 28.4 Å². The molecule has 1 aromatic heterocycles. The molecule has 0 saturated heterocycles. The highest BCUT2D eigenvalue weighted by Crippen LogP contribution is 2.26. The number of amides is 1. The number of nitrogens with zero attached hydrogens (tertiary/aromatic N) is 3. The van der Waals surface area contributed by atoms with Gasteiger partial charge in [-0.1, -0.05) is 23.9 Å². The average Bonchev–Trinajstić information content (AvgIpc) is 3.13. The molecule has 30 heavy (non-hydrogen) atoms. The second kappa shape index (κ2) is 10.1. The van der Waals surface area contributed by atoms with E-state index in [0.29, 0.717) is 18.3 Å². The van der Waals surface area contributed by atoms with Gasteiger partial charge in [0.15, 0.2) is 11.0 Å². The standard InChI is InChI=1S/C23H26N4O2S/c1-5-13-27-22(18-8-11-20(12-9-18)29-6-2)25-26-23(27)30-15-21(28)24-19-10-7-16(3)17(4)14-19/h5,7-12,14H,1,6,13,15H2,2-4H3,(H,24,28). The van der Waals surface area contributed by atoms with Crippen LogP contribution in [0.25, 0.3) is 11.4 Å². The van der Waals surface area contributed by atoms with Gasteiger partial charge in [-0.05, 0) is 68.3 Å². The number of allylic oxidation sites excluding steroid dienone is 1. The minimum Gasteiger partial charge on any atom is -0.494 e. The van der Waals surface area contributed by atoms with Crippen molar-refractivity contribution < 1.29 is 9.53 Å². The van der Waals surface area contributed by atoms with Crippen LogP contribution in [0, 0.1) is 13.8 Å². The van der Waals surface area contributed by atoms with Crippen LogP contribution in [0.15, 0.2) is 60.3 Å². The first-order chi connectivity index (χ1) is 14.5. The number of rotatable bonds is 9. The average molecular weight is 423 g/mol. The van der Waals surface area contributed by atoms with Gasteiger partial charge in [-0.25, -0.2) is 0 Å². The highest BCUT2D eigenvalue weighted by atomic mass is 32.2. The van der Waals surface area contributed by atoms with Crippen LogP contribution in [0.5, 0.6) is 5.75 Å². The van der Waals surface area contributed by atoms with Gasteiger partial charge < -0.3 is 10.1 Å². The van der Waals surface area contributed by atoms with Crippen LogP contribution >= 0.6 is 11.8 Å². The molecule has 0 aliphatic carbocycles. The summed E-state index contributed by atoms with van der Waals surface area (Å²) in [6, 6.07) is 13.6. The monoisotopic (exact) mass is 422 g/mol. The van der Waals surface area contributed by atoms with Crippen molar-refractivity contribution >= 4 is 23.4 Å². The molecule has 0 aliphatic rings. The number of benzene rings is 2. The lowest BCUT2D eigenvalue weighted by atomic mass is 10.1. The van der Waals surface area contributed by atoms with Crippen molar-refractivity contribution in [1.82, 2.24) is 14.8 Å². The van der Waals surface area contributed by atoms with Crippen LogP contribution < -0.4 is 10.1 Å². The van der Waals surface area contributed by atoms with Crippen molar-refractivity contribution in [3.05, 3.63) is 66.2 Å². The molecule has 6 nitrogen and oxygen atoms in total. The first-order valence-corrected chi connectivity index (χ1v) is 10.8. The summed E-state index contributed by atoms with van der Waals surface area (Å²) in [5.41, 5.74) is 4.07. The number of carbonyl (C=O) groups is 1. The molecule has 0 atom stereocenters. The predicted octanol–water partition coefficient (Wildman–Crippen LogP) is 4.88. The maximum atomic E-state index is 12.4. The topological polar surface area (TPSA) is 69.0 Å². The third kappa shape index (κ3) is 5.30. The third-order valence-corrected chi connectivity index (χ3v) is 5.54. The Kier molecular flexibility index (Phi) is 7.30. The van der Waals surface area contributed by atoms with E-state index < -0.39 is 0 Å². The third-order valence-electron chi connectivity index (χ3n) is 4.58. The summed E-state index contributed by atoms with van der Waals surface area (Å²) in [5.74, 6) is 1.70. The highest BCUT2D eigenvalue weighted by Gasteiger charge is 2.15. The number of nitrogens with one attached hydrogen (secondary N) is 1. The summed E-state index contributed by atoms with van der Waals surface area (Å²) in [6.45, 7) is 11.0. The van der Waals surface area contributed by atoms with Crippen LogP contribution in [0.2, 0.25) is 0 Å². The zero-order valence-electron chi connectivity index (χ0n) is 17.5. The molecule has 0 spiro atoms. The van der Waals surface area contributed by atoms with Gasteiger partial charge in [-0.3, -0.25) is 9.36 Å². The van der Waals surface area contributed by atoms with Gasteiger partial charge in [0, 0.05) is 17.8 Å². The van der Waals surface area contributed by atoms with Crippen LogP contribution in [-0.2, 0) is 11.3 Å². The lowest BCUT2D eigenvalue weighted by molar-refractivity contribution is -0.113. The number of hydrogen-bond acceptors (Lipinski definition) is 5. The van der Waals surface area contributed by atoms with Crippen molar-refractivity contribution in [3.8, 4) is 17.1 Å². The van der Waals surface area contributed by atoms with Gasteiger partial charge in [0.25, 0.3) is 0 Å². The van der Waals surface area contributed by atoms with Crippen molar-refractivity contribution in [3.63, 3.8) is 0 Å². The largest absolute Gasteiger partial charge is 0.494 e. The summed E-state index contributed by atoms with van der Waals surface area (Å²) < 4.78 is 7.45. The zero-order valence-corrected chi connectivity index (χ0v) is 18.3. The smallest absolute Gasteiger partial charge is 0.234 e. The molecule has 0 radical (unpaired) electrons. The number of hydrogen-bond donors (Lipinski definition) is 1. The van der Waals surface area contributed by atoms with E-state index in [4.69, 9.17) is 4.74 Å². The van der Waals surface area contributed by atoms with E-state index in [1.807, 2.05) is 67.8 Å². The molecular formula is C23H26N4O2S. The molecule has 1 amide bonds. The molecule has 0 bridgehead atoms. The van der Waals surface area contributed by atoms with E-state index in [1.165, 1.54) is 17.3 Å². The summed E-state index contributed by atoms with van der Waals surface area (Å²) >= 11 is 1.35. The fraction of sp³-hybridized carbons (Fsp3) is 0.261. The van der Waals surface area contributed by atoms with Crippen molar-refractivity contribution in [2.24, 2.45) is 0 Å². The highest BCUT2D eigenvalue weighted by molar-refractivity contribution is 7.99. The number of thioether (sulfide) groups is 1. The maximum absolute atomic E-state index is 12.4. The molecule has 0 unspecified atom stereocenters. The summed E-state index contributed by atoms with van der Waals surface area (Å²) in [5, 5.41) is 12.2. The van der Waals surface area contributed by atoms with Gasteiger partial charge in [-0.15, -0.1) is 16.8 Å². The number of carbonyl (C=O) groups excluding carboxylic acids is 1. The Bertz CT molecular complexity index is 1030. The van der Waals surface area contributed by atoms with Crippen LogP contribution in [0.1, 0.15) is 18.1 Å². The minimum atomic E-state index is -0.0842. The second-order valence-electron chi connectivity index (χ2n) is 6.80.